The predicted molar refractivity (Wildman–Crippen MR) is 60.8 cm³/mol. The molecular weight excluding hydrogens is 229 g/mol. The fourth-order valence-electron chi connectivity index (χ4n) is 1.26. The van der Waals surface area contributed by atoms with Crippen molar-refractivity contribution < 1.29 is 4.39 Å². The molecule has 0 unspecified atom stereocenters. The van der Waals surface area contributed by atoms with Crippen LogP contribution in [0.5, 0.6) is 0 Å². The van der Waals surface area contributed by atoms with Crippen LogP contribution in [0.4, 0.5) is 10.2 Å². The van der Waals surface area contributed by atoms with Crippen molar-refractivity contribution in [2.45, 2.75) is 6.54 Å². The number of benzene rings is 1. The number of halogens is 2. The van der Waals surface area contributed by atoms with Crippen molar-refractivity contribution in [3.05, 3.63) is 53.2 Å². The van der Waals surface area contributed by atoms with Crippen LogP contribution in [0.3, 0.4) is 0 Å². The van der Waals surface area contributed by atoms with E-state index in [1.165, 1.54) is 18.6 Å². The Morgan fingerprint density at radius 3 is 2.88 bits per heavy atom. The summed E-state index contributed by atoms with van der Waals surface area (Å²) >= 11 is 5.85. The minimum Gasteiger partial charge on any atom is -0.365 e. The third-order valence-electron chi connectivity index (χ3n) is 2.07. The highest BCUT2D eigenvalue weighted by atomic mass is 35.5. The number of anilines is 1. The normalized spacial score (nSPS) is 10.1. The van der Waals surface area contributed by atoms with Crippen LogP contribution in [-0.2, 0) is 6.54 Å². The molecule has 3 nitrogen and oxygen atoms in total. The van der Waals surface area contributed by atoms with E-state index in [4.69, 9.17) is 11.6 Å². The lowest BCUT2D eigenvalue weighted by Gasteiger charge is -2.07. The molecule has 0 saturated carbocycles. The van der Waals surface area contributed by atoms with Crippen molar-refractivity contribution in [1.82, 2.24) is 9.97 Å². The fourth-order valence-corrected chi connectivity index (χ4v) is 1.44. The fraction of sp³-hybridized carbons (Fsp3) is 0.0909. The zero-order valence-electron chi connectivity index (χ0n) is 8.32. The molecule has 82 valence electrons. The summed E-state index contributed by atoms with van der Waals surface area (Å²) in [6.45, 7) is 0.337. The molecule has 5 heteroatoms. The summed E-state index contributed by atoms with van der Waals surface area (Å²) in [6, 6.07) is 6.55. The van der Waals surface area contributed by atoms with Crippen molar-refractivity contribution >= 4 is 17.4 Å². The summed E-state index contributed by atoms with van der Waals surface area (Å²) in [6.07, 6.45) is 2.87. The first-order valence-corrected chi connectivity index (χ1v) is 5.08. The van der Waals surface area contributed by atoms with E-state index in [0.29, 0.717) is 22.9 Å². The van der Waals surface area contributed by atoms with Crippen LogP contribution in [0.15, 0.2) is 36.8 Å². The Bertz CT molecular complexity index is 445. The molecular formula is C11H9ClFN3. The Morgan fingerprint density at radius 2 is 2.12 bits per heavy atom. The highest BCUT2D eigenvalue weighted by Crippen LogP contribution is 2.17. The van der Waals surface area contributed by atoms with Gasteiger partial charge in [0, 0.05) is 12.1 Å². The lowest BCUT2D eigenvalue weighted by atomic mass is 10.2. The number of aromatic nitrogens is 2. The number of nitrogens with zero attached hydrogens (tertiary/aromatic N) is 2. The van der Waals surface area contributed by atoms with E-state index in [-0.39, 0.29) is 5.82 Å². The van der Waals surface area contributed by atoms with Crippen LogP contribution < -0.4 is 5.32 Å². The molecule has 0 fully saturated rings. The molecule has 1 aromatic carbocycles. The van der Waals surface area contributed by atoms with Crippen molar-refractivity contribution in [3.8, 4) is 0 Å². The van der Waals surface area contributed by atoms with E-state index in [1.54, 1.807) is 18.2 Å². The van der Waals surface area contributed by atoms with Crippen LogP contribution >= 0.6 is 11.6 Å². The summed E-state index contributed by atoms with van der Waals surface area (Å²) in [5.74, 6) is 0.250. The minimum absolute atomic E-state index is 0.250. The van der Waals surface area contributed by atoms with E-state index in [1.807, 2.05) is 0 Å². The maximum Gasteiger partial charge on any atom is 0.148 e. The van der Waals surface area contributed by atoms with Gasteiger partial charge in [-0.15, -0.1) is 0 Å². The van der Waals surface area contributed by atoms with Gasteiger partial charge < -0.3 is 5.32 Å². The first kappa shape index (κ1) is 10.8. The van der Waals surface area contributed by atoms with E-state index < -0.39 is 0 Å². The topological polar surface area (TPSA) is 37.8 Å². The largest absolute Gasteiger partial charge is 0.365 e. The molecule has 2 aromatic rings. The number of hydrogen-bond acceptors (Lipinski definition) is 3. The third-order valence-corrected chi connectivity index (χ3v) is 2.35. The quantitative estimate of drug-likeness (QED) is 0.892. The van der Waals surface area contributed by atoms with Gasteiger partial charge in [0.15, 0.2) is 0 Å². The average molecular weight is 238 g/mol. The van der Waals surface area contributed by atoms with E-state index in [2.05, 4.69) is 15.3 Å². The van der Waals surface area contributed by atoms with Gasteiger partial charge in [0.05, 0.1) is 6.20 Å². The van der Waals surface area contributed by atoms with Crippen molar-refractivity contribution in [2.75, 3.05) is 5.32 Å². The van der Waals surface area contributed by atoms with Crippen LogP contribution in [-0.4, -0.2) is 9.97 Å². The van der Waals surface area contributed by atoms with Crippen LogP contribution in [0.25, 0.3) is 0 Å². The Kier molecular flexibility index (Phi) is 3.31. The van der Waals surface area contributed by atoms with E-state index in [9.17, 15) is 4.39 Å². The molecule has 16 heavy (non-hydrogen) atoms. The second kappa shape index (κ2) is 4.90. The number of nitrogens with one attached hydrogen (secondary N) is 1. The molecule has 0 aliphatic heterocycles. The zero-order valence-corrected chi connectivity index (χ0v) is 9.08. The Labute approximate surface area is 97.3 Å². The Morgan fingerprint density at radius 1 is 1.31 bits per heavy atom. The molecule has 0 aliphatic rings. The standard InChI is InChI=1S/C11H9ClFN3/c12-9-6-14-7-16-11(9)15-5-8-3-1-2-4-10(8)13/h1-4,6-7H,5H2,(H,14,15,16). The van der Waals surface area contributed by atoms with Gasteiger partial charge in [0.2, 0.25) is 0 Å². The molecule has 1 aromatic heterocycles. The molecule has 0 spiro atoms. The summed E-state index contributed by atoms with van der Waals surface area (Å²) in [7, 11) is 0. The summed E-state index contributed by atoms with van der Waals surface area (Å²) in [5.41, 5.74) is 0.567. The summed E-state index contributed by atoms with van der Waals surface area (Å²) in [5, 5.41) is 3.36. The molecule has 1 heterocycles. The monoisotopic (exact) mass is 237 g/mol. The highest BCUT2D eigenvalue weighted by molar-refractivity contribution is 6.32. The van der Waals surface area contributed by atoms with Gasteiger partial charge in [0.25, 0.3) is 0 Å². The summed E-state index contributed by atoms with van der Waals surface area (Å²) in [4.78, 5) is 7.71. The molecule has 1 N–H and O–H groups in total. The highest BCUT2D eigenvalue weighted by Gasteiger charge is 2.03. The van der Waals surface area contributed by atoms with Gasteiger partial charge in [-0.05, 0) is 6.07 Å². The lowest BCUT2D eigenvalue weighted by molar-refractivity contribution is 0.613. The Balaban J connectivity index is 2.09. The van der Waals surface area contributed by atoms with Crippen molar-refractivity contribution in [1.29, 1.82) is 0 Å². The smallest absolute Gasteiger partial charge is 0.148 e. The molecule has 0 aliphatic carbocycles. The van der Waals surface area contributed by atoms with Crippen LogP contribution in [0, 0.1) is 5.82 Å². The second-order valence-electron chi connectivity index (χ2n) is 3.16. The molecule has 2 rings (SSSR count). The molecule has 0 saturated heterocycles. The van der Waals surface area contributed by atoms with Crippen molar-refractivity contribution in [3.63, 3.8) is 0 Å². The predicted octanol–water partition coefficient (Wildman–Crippen LogP) is 2.88. The maximum atomic E-state index is 13.3. The van der Waals surface area contributed by atoms with Gasteiger partial charge in [-0.3, -0.25) is 0 Å². The minimum atomic E-state index is -0.250. The first-order chi connectivity index (χ1) is 7.77. The average Bonchev–Trinajstić information content (AvgIpc) is 2.30. The number of hydrogen-bond donors (Lipinski definition) is 1. The third kappa shape index (κ3) is 2.46. The summed E-state index contributed by atoms with van der Waals surface area (Å²) < 4.78 is 13.3. The SMILES string of the molecule is Fc1ccccc1CNc1ncncc1Cl. The lowest BCUT2D eigenvalue weighted by Crippen LogP contribution is -2.03. The maximum absolute atomic E-state index is 13.3. The zero-order chi connectivity index (χ0) is 11.4. The Hall–Kier alpha value is -1.68. The second-order valence-corrected chi connectivity index (χ2v) is 3.57. The van der Waals surface area contributed by atoms with Crippen LogP contribution in [0.2, 0.25) is 5.02 Å². The van der Waals surface area contributed by atoms with Gasteiger partial charge in [0.1, 0.15) is 23.0 Å². The molecule has 0 bridgehead atoms. The van der Waals surface area contributed by atoms with E-state index in [0.717, 1.165) is 0 Å². The van der Waals surface area contributed by atoms with E-state index >= 15 is 0 Å². The van der Waals surface area contributed by atoms with Gasteiger partial charge in [-0.25, -0.2) is 14.4 Å². The van der Waals surface area contributed by atoms with Crippen LogP contribution in [0.1, 0.15) is 5.56 Å². The molecule has 0 atom stereocenters. The molecule has 0 amide bonds. The van der Waals surface area contributed by atoms with Gasteiger partial charge in [-0.1, -0.05) is 29.8 Å². The van der Waals surface area contributed by atoms with Crippen molar-refractivity contribution in [2.24, 2.45) is 0 Å². The molecule has 0 radical (unpaired) electrons. The first-order valence-electron chi connectivity index (χ1n) is 4.70. The van der Waals surface area contributed by atoms with Gasteiger partial charge in [-0.2, -0.15) is 0 Å². The number of rotatable bonds is 3. The van der Waals surface area contributed by atoms with Gasteiger partial charge >= 0.3 is 0 Å².